The minimum absolute atomic E-state index is 0.0514. The number of carbonyl (C=O) groups excluding carboxylic acids is 1. The number of anilines is 1. The summed E-state index contributed by atoms with van der Waals surface area (Å²) in [6, 6.07) is 15.7. The molecule has 0 aliphatic carbocycles. The number of benzene rings is 2. The molecule has 8 heteroatoms. The van der Waals surface area contributed by atoms with Crippen LogP contribution in [0.2, 0.25) is 0 Å². The van der Waals surface area contributed by atoms with Crippen LogP contribution in [-0.4, -0.2) is 54.0 Å². The lowest BCUT2D eigenvalue weighted by Crippen LogP contribution is -2.49. The molecule has 31 heavy (non-hydrogen) atoms. The normalized spacial score (nSPS) is 15.3. The summed E-state index contributed by atoms with van der Waals surface area (Å²) in [6.45, 7) is 2.85. The van der Waals surface area contributed by atoms with Gasteiger partial charge in [0.25, 0.3) is 0 Å². The van der Waals surface area contributed by atoms with Gasteiger partial charge in [-0.15, -0.1) is 10.2 Å². The maximum absolute atomic E-state index is 13.0. The summed E-state index contributed by atoms with van der Waals surface area (Å²) in [5.74, 6) is 1.99. The molecule has 1 saturated heterocycles. The van der Waals surface area contributed by atoms with Gasteiger partial charge < -0.3 is 19.3 Å². The molecular formula is C23H21FN4O3. The molecule has 0 bridgehead atoms. The number of hydrogen-bond donors (Lipinski definition) is 0. The maximum Gasteiger partial charge on any atom is 0.231 e. The first-order valence-electron chi connectivity index (χ1n) is 10.2. The molecule has 0 N–H and O–H groups in total. The van der Waals surface area contributed by atoms with Crippen LogP contribution in [0, 0.1) is 5.82 Å². The SMILES string of the molecule is O=C(Cc1ccc(F)cc1)N1CCN(c2ccc(-c3ccc4c(c3)OCO4)nn2)CC1. The second-order valence-electron chi connectivity index (χ2n) is 7.52. The highest BCUT2D eigenvalue weighted by Crippen LogP contribution is 2.35. The van der Waals surface area contributed by atoms with Crippen molar-refractivity contribution in [3.63, 3.8) is 0 Å². The van der Waals surface area contributed by atoms with Gasteiger partial charge in [0.05, 0.1) is 12.1 Å². The molecule has 7 nitrogen and oxygen atoms in total. The predicted octanol–water partition coefficient (Wildman–Crippen LogP) is 2.90. The van der Waals surface area contributed by atoms with Crippen LogP contribution in [0.15, 0.2) is 54.6 Å². The maximum atomic E-state index is 13.0. The molecule has 1 fully saturated rings. The van der Waals surface area contributed by atoms with Crippen molar-refractivity contribution in [3.8, 4) is 22.8 Å². The van der Waals surface area contributed by atoms with Crippen LogP contribution < -0.4 is 14.4 Å². The van der Waals surface area contributed by atoms with Crippen LogP contribution in [-0.2, 0) is 11.2 Å². The minimum atomic E-state index is -0.296. The largest absolute Gasteiger partial charge is 0.454 e. The van der Waals surface area contributed by atoms with E-state index in [1.54, 1.807) is 12.1 Å². The molecule has 2 aromatic carbocycles. The molecule has 0 atom stereocenters. The Morgan fingerprint density at radius 2 is 1.68 bits per heavy atom. The Morgan fingerprint density at radius 1 is 0.903 bits per heavy atom. The third kappa shape index (κ3) is 4.14. The molecule has 5 rings (SSSR count). The van der Waals surface area contributed by atoms with Gasteiger partial charge in [-0.1, -0.05) is 12.1 Å². The minimum Gasteiger partial charge on any atom is -0.454 e. The fraction of sp³-hybridized carbons (Fsp3) is 0.261. The zero-order chi connectivity index (χ0) is 21.2. The van der Waals surface area contributed by atoms with Crippen LogP contribution in [0.25, 0.3) is 11.3 Å². The average molecular weight is 420 g/mol. The smallest absolute Gasteiger partial charge is 0.231 e. The monoisotopic (exact) mass is 420 g/mol. The number of fused-ring (bicyclic) bond motifs is 1. The summed E-state index contributed by atoms with van der Waals surface area (Å²) in [6.07, 6.45) is 0.282. The number of piperazine rings is 1. The van der Waals surface area contributed by atoms with E-state index in [0.29, 0.717) is 31.9 Å². The first-order valence-corrected chi connectivity index (χ1v) is 10.2. The fourth-order valence-electron chi connectivity index (χ4n) is 3.78. The first-order chi connectivity index (χ1) is 15.2. The molecule has 0 unspecified atom stereocenters. The van der Waals surface area contributed by atoms with Gasteiger partial charge in [0, 0.05) is 31.7 Å². The highest BCUT2D eigenvalue weighted by Gasteiger charge is 2.22. The molecule has 0 saturated carbocycles. The topological polar surface area (TPSA) is 67.8 Å². The second kappa shape index (κ2) is 8.22. The van der Waals surface area contributed by atoms with Crippen molar-refractivity contribution in [1.82, 2.24) is 15.1 Å². The number of hydrogen-bond acceptors (Lipinski definition) is 6. The standard InChI is InChI=1S/C23H21FN4O3/c24-18-4-1-16(2-5-18)13-23(29)28-11-9-27(10-12-28)22-8-6-19(25-26-22)17-3-7-20-21(14-17)31-15-30-20/h1-8,14H,9-13,15H2. The summed E-state index contributed by atoms with van der Waals surface area (Å²) in [5.41, 5.74) is 2.49. The van der Waals surface area contributed by atoms with Gasteiger partial charge in [0.1, 0.15) is 5.82 Å². The van der Waals surface area contributed by atoms with E-state index in [-0.39, 0.29) is 24.9 Å². The van der Waals surface area contributed by atoms with Gasteiger partial charge in [0.15, 0.2) is 17.3 Å². The lowest BCUT2D eigenvalue weighted by molar-refractivity contribution is -0.130. The molecule has 2 aliphatic rings. The predicted molar refractivity (Wildman–Crippen MR) is 112 cm³/mol. The van der Waals surface area contributed by atoms with E-state index < -0.39 is 0 Å². The van der Waals surface area contributed by atoms with Crippen LogP contribution >= 0.6 is 0 Å². The van der Waals surface area contributed by atoms with E-state index in [2.05, 4.69) is 15.1 Å². The molecule has 1 amide bonds. The van der Waals surface area contributed by atoms with Crippen molar-refractivity contribution in [1.29, 1.82) is 0 Å². The number of halogens is 1. The average Bonchev–Trinajstić information content (AvgIpc) is 3.29. The van der Waals surface area contributed by atoms with Crippen LogP contribution in [0.4, 0.5) is 10.2 Å². The van der Waals surface area contributed by atoms with Gasteiger partial charge in [-0.05, 0) is 48.0 Å². The third-order valence-corrected chi connectivity index (χ3v) is 5.54. The summed E-state index contributed by atoms with van der Waals surface area (Å²) in [5, 5.41) is 8.75. The molecule has 3 aromatic rings. The lowest BCUT2D eigenvalue weighted by Gasteiger charge is -2.35. The second-order valence-corrected chi connectivity index (χ2v) is 7.52. The molecular weight excluding hydrogens is 399 g/mol. The van der Waals surface area contributed by atoms with Crippen molar-refractivity contribution in [2.75, 3.05) is 37.9 Å². The van der Waals surface area contributed by atoms with Crippen LogP contribution in [0.5, 0.6) is 11.5 Å². The number of aromatic nitrogens is 2. The Kier molecular flexibility index (Phi) is 5.11. The molecule has 3 heterocycles. The van der Waals surface area contributed by atoms with Gasteiger partial charge in [-0.2, -0.15) is 0 Å². The van der Waals surface area contributed by atoms with Crippen LogP contribution in [0.1, 0.15) is 5.56 Å². The van der Waals surface area contributed by atoms with Crippen molar-refractivity contribution in [2.24, 2.45) is 0 Å². The summed E-state index contributed by atoms with van der Waals surface area (Å²) in [4.78, 5) is 16.5. The number of amides is 1. The zero-order valence-corrected chi connectivity index (χ0v) is 16.8. The Balaban J connectivity index is 1.19. The molecule has 0 radical (unpaired) electrons. The Morgan fingerprint density at radius 3 is 2.42 bits per heavy atom. The fourth-order valence-corrected chi connectivity index (χ4v) is 3.78. The summed E-state index contributed by atoms with van der Waals surface area (Å²) in [7, 11) is 0. The Labute approximate surface area is 179 Å². The van der Waals surface area contributed by atoms with E-state index in [0.717, 1.165) is 28.4 Å². The van der Waals surface area contributed by atoms with Crippen LogP contribution in [0.3, 0.4) is 0 Å². The summed E-state index contributed by atoms with van der Waals surface area (Å²) >= 11 is 0. The van der Waals surface area contributed by atoms with Crippen molar-refractivity contribution in [3.05, 3.63) is 66.0 Å². The lowest BCUT2D eigenvalue weighted by atomic mass is 10.1. The van der Waals surface area contributed by atoms with Gasteiger partial charge >= 0.3 is 0 Å². The van der Waals surface area contributed by atoms with E-state index in [1.807, 2.05) is 35.2 Å². The molecule has 158 valence electrons. The third-order valence-electron chi connectivity index (χ3n) is 5.54. The highest BCUT2D eigenvalue weighted by molar-refractivity contribution is 5.79. The van der Waals surface area contributed by atoms with E-state index >= 15 is 0 Å². The Bertz CT molecular complexity index is 1080. The first kappa shape index (κ1) is 19.3. The van der Waals surface area contributed by atoms with E-state index in [9.17, 15) is 9.18 Å². The molecule has 2 aliphatic heterocycles. The van der Waals surface area contributed by atoms with Gasteiger partial charge in [-0.25, -0.2) is 4.39 Å². The van der Waals surface area contributed by atoms with Gasteiger partial charge in [-0.3, -0.25) is 4.79 Å². The highest BCUT2D eigenvalue weighted by atomic mass is 19.1. The number of ether oxygens (including phenoxy) is 2. The van der Waals surface area contributed by atoms with E-state index in [1.165, 1.54) is 12.1 Å². The number of nitrogens with zero attached hydrogens (tertiary/aromatic N) is 4. The van der Waals surface area contributed by atoms with Crippen molar-refractivity contribution < 1.29 is 18.7 Å². The zero-order valence-electron chi connectivity index (χ0n) is 16.8. The molecule has 0 spiro atoms. The van der Waals surface area contributed by atoms with Crippen molar-refractivity contribution >= 4 is 11.7 Å². The molecule has 1 aromatic heterocycles. The summed E-state index contributed by atoms with van der Waals surface area (Å²) < 4.78 is 23.8. The van der Waals surface area contributed by atoms with Gasteiger partial charge in [0.2, 0.25) is 12.7 Å². The number of rotatable bonds is 4. The van der Waals surface area contributed by atoms with Crippen molar-refractivity contribution in [2.45, 2.75) is 6.42 Å². The van der Waals surface area contributed by atoms with E-state index in [4.69, 9.17) is 9.47 Å². The Hall–Kier alpha value is -3.68. The quantitative estimate of drug-likeness (QED) is 0.647. The number of carbonyl (C=O) groups is 1.